The average Bonchev–Trinajstić information content (AvgIpc) is 2.67. The van der Waals surface area contributed by atoms with Gasteiger partial charge >= 0.3 is 18.5 Å². The number of hydrogen-bond acceptors (Lipinski definition) is 4. The third-order valence-corrected chi connectivity index (χ3v) is 3.86. The SMILES string of the molecule is CC(=NOCc1ccc(Cl)cc1)c1ncc(C(F)(F)F)cc1OCC(F)(F)C(F)F. The van der Waals surface area contributed by atoms with E-state index in [-0.39, 0.29) is 18.0 Å². The maximum absolute atomic E-state index is 13.1. The number of pyridine rings is 1. The van der Waals surface area contributed by atoms with Crippen LogP contribution < -0.4 is 4.74 Å². The minimum absolute atomic E-state index is 0.0329. The lowest BCUT2D eigenvalue weighted by Crippen LogP contribution is -2.34. The molecule has 0 bridgehead atoms. The third-order valence-electron chi connectivity index (χ3n) is 3.61. The Bertz CT molecular complexity index is 887. The van der Waals surface area contributed by atoms with Crippen molar-refractivity contribution in [2.45, 2.75) is 32.1 Å². The first-order valence-electron chi connectivity index (χ1n) is 8.17. The van der Waals surface area contributed by atoms with Crippen LogP contribution in [-0.4, -0.2) is 29.7 Å². The molecule has 0 saturated carbocycles. The summed E-state index contributed by atoms with van der Waals surface area (Å²) in [6.07, 6.45) is -8.48. The maximum Gasteiger partial charge on any atom is 0.418 e. The zero-order valence-corrected chi connectivity index (χ0v) is 15.9. The highest BCUT2D eigenvalue weighted by Gasteiger charge is 2.42. The molecule has 0 unspecified atom stereocenters. The van der Waals surface area contributed by atoms with E-state index in [1.807, 2.05) is 0 Å². The van der Waals surface area contributed by atoms with Crippen molar-refractivity contribution in [3.63, 3.8) is 0 Å². The number of ether oxygens (including phenoxy) is 1. The highest BCUT2D eigenvalue weighted by Crippen LogP contribution is 2.33. The molecule has 0 aliphatic heterocycles. The molecule has 30 heavy (non-hydrogen) atoms. The lowest BCUT2D eigenvalue weighted by Gasteiger charge is -2.18. The molecular formula is C18H14ClF7N2O2. The van der Waals surface area contributed by atoms with Crippen LogP contribution in [0.25, 0.3) is 0 Å². The number of aromatic nitrogens is 1. The molecule has 0 atom stereocenters. The number of rotatable bonds is 8. The smallest absolute Gasteiger partial charge is 0.418 e. The summed E-state index contributed by atoms with van der Waals surface area (Å²) in [6.45, 7) is -0.607. The molecule has 0 aliphatic rings. The Kier molecular flexibility index (Phi) is 7.51. The van der Waals surface area contributed by atoms with Crippen LogP contribution in [0.1, 0.15) is 23.7 Å². The minimum atomic E-state index is -4.86. The van der Waals surface area contributed by atoms with E-state index in [4.69, 9.17) is 16.4 Å². The van der Waals surface area contributed by atoms with Crippen LogP contribution in [0.2, 0.25) is 5.02 Å². The van der Waals surface area contributed by atoms with Gasteiger partial charge in [0.1, 0.15) is 23.8 Å². The first kappa shape index (κ1) is 23.7. The van der Waals surface area contributed by atoms with Gasteiger partial charge in [0.2, 0.25) is 0 Å². The number of alkyl halides is 7. The van der Waals surface area contributed by atoms with E-state index >= 15 is 0 Å². The predicted molar refractivity (Wildman–Crippen MR) is 94.1 cm³/mol. The van der Waals surface area contributed by atoms with E-state index in [1.54, 1.807) is 24.3 Å². The highest BCUT2D eigenvalue weighted by molar-refractivity contribution is 6.30. The number of nitrogens with zero attached hydrogens (tertiary/aromatic N) is 2. The molecule has 0 saturated heterocycles. The summed E-state index contributed by atoms with van der Waals surface area (Å²) in [5, 5.41) is 4.16. The molecule has 2 rings (SSSR count). The zero-order chi connectivity index (χ0) is 22.5. The lowest BCUT2D eigenvalue weighted by atomic mass is 10.2. The Morgan fingerprint density at radius 1 is 1.13 bits per heavy atom. The Morgan fingerprint density at radius 2 is 1.77 bits per heavy atom. The summed E-state index contributed by atoms with van der Waals surface area (Å²) in [7, 11) is 0. The van der Waals surface area contributed by atoms with Gasteiger partial charge in [-0.2, -0.15) is 22.0 Å². The molecule has 1 aromatic heterocycles. The summed E-state index contributed by atoms with van der Waals surface area (Å²) in [5.74, 6) is -5.36. The van der Waals surface area contributed by atoms with Gasteiger partial charge < -0.3 is 9.57 Å². The second-order valence-electron chi connectivity index (χ2n) is 6.00. The van der Waals surface area contributed by atoms with Crippen molar-refractivity contribution in [3.8, 4) is 5.75 Å². The molecule has 1 aromatic carbocycles. The van der Waals surface area contributed by atoms with Gasteiger partial charge in [0.25, 0.3) is 0 Å². The molecule has 0 fully saturated rings. The summed E-state index contributed by atoms with van der Waals surface area (Å²) in [5.41, 5.74) is -1.13. The monoisotopic (exact) mass is 458 g/mol. The van der Waals surface area contributed by atoms with Crippen LogP contribution in [0.15, 0.2) is 41.7 Å². The van der Waals surface area contributed by atoms with Gasteiger partial charge in [0.05, 0.1) is 5.56 Å². The van der Waals surface area contributed by atoms with Crippen molar-refractivity contribution in [3.05, 3.63) is 58.4 Å². The number of benzene rings is 1. The Balaban J connectivity index is 2.24. The van der Waals surface area contributed by atoms with E-state index in [9.17, 15) is 30.7 Å². The lowest BCUT2D eigenvalue weighted by molar-refractivity contribution is -0.148. The Labute approximate surface area is 171 Å². The van der Waals surface area contributed by atoms with Crippen LogP contribution in [0.4, 0.5) is 30.7 Å². The van der Waals surface area contributed by atoms with Crippen molar-refractivity contribution in [1.29, 1.82) is 0 Å². The summed E-state index contributed by atoms with van der Waals surface area (Å²) in [6, 6.07) is 6.86. The molecule has 12 heteroatoms. The molecule has 0 spiro atoms. The fourth-order valence-corrected chi connectivity index (χ4v) is 2.17. The summed E-state index contributed by atoms with van der Waals surface area (Å²) in [4.78, 5) is 8.59. The Hall–Kier alpha value is -2.56. The third kappa shape index (κ3) is 6.48. The van der Waals surface area contributed by atoms with Gasteiger partial charge in [-0.05, 0) is 30.7 Å². The number of halogens is 8. The fourth-order valence-electron chi connectivity index (χ4n) is 2.05. The quantitative estimate of drug-likeness (QED) is 0.278. The van der Waals surface area contributed by atoms with Gasteiger partial charge in [-0.3, -0.25) is 4.98 Å². The molecule has 0 radical (unpaired) electrons. The zero-order valence-electron chi connectivity index (χ0n) is 15.2. The first-order valence-corrected chi connectivity index (χ1v) is 8.55. The van der Waals surface area contributed by atoms with Crippen molar-refractivity contribution in [2.24, 2.45) is 5.16 Å². The molecule has 0 amide bonds. The largest absolute Gasteiger partial charge is 0.485 e. The van der Waals surface area contributed by atoms with E-state index in [2.05, 4.69) is 14.9 Å². The van der Waals surface area contributed by atoms with Gasteiger partial charge in [-0.1, -0.05) is 28.9 Å². The number of hydrogen-bond donors (Lipinski definition) is 0. The van der Waals surface area contributed by atoms with Crippen LogP contribution >= 0.6 is 11.6 Å². The van der Waals surface area contributed by atoms with Gasteiger partial charge in [0, 0.05) is 11.2 Å². The first-order chi connectivity index (χ1) is 13.9. The topological polar surface area (TPSA) is 43.7 Å². The van der Waals surface area contributed by atoms with Crippen LogP contribution in [0.3, 0.4) is 0 Å². The van der Waals surface area contributed by atoms with E-state index in [0.29, 0.717) is 22.8 Å². The molecule has 0 N–H and O–H groups in total. The van der Waals surface area contributed by atoms with Crippen molar-refractivity contribution >= 4 is 17.3 Å². The van der Waals surface area contributed by atoms with E-state index < -0.39 is 36.4 Å². The maximum atomic E-state index is 13.1. The van der Waals surface area contributed by atoms with Gasteiger partial charge in [0.15, 0.2) is 6.61 Å². The minimum Gasteiger partial charge on any atom is -0.485 e. The summed E-state index contributed by atoms with van der Waals surface area (Å²) >= 11 is 5.75. The molecule has 4 nitrogen and oxygen atoms in total. The Morgan fingerprint density at radius 3 is 2.33 bits per heavy atom. The van der Waals surface area contributed by atoms with Crippen LogP contribution in [-0.2, 0) is 17.6 Å². The highest BCUT2D eigenvalue weighted by atomic mass is 35.5. The molecule has 0 aliphatic carbocycles. The predicted octanol–water partition coefficient (Wildman–Crippen LogP) is 5.97. The van der Waals surface area contributed by atoms with E-state index in [1.165, 1.54) is 6.92 Å². The second kappa shape index (κ2) is 9.50. The molecular weight excluding hydrogens is 445 g/mol. The molecule has 1 heterocycles. The summed E-state index contributed by atoms with van der Waals surface area (Å²) < 4.78 is 94.1. The number of oxime groups is 1. The van der Waals surface area contributed by atoms with Crippen LogP contribution in [0, 0.1) is 0 Å². The van der Waals surface area contributed by atoms with Gasteiger partial charge in [-0.15, -0.1) is 0 Å². The fraction of sp³-hybridized carbons (Fsp3) is 0.333. The molecule has 164 valence electrons. The van der Waals surface area contributed by atoms with Crippen molar-refractivity contribution in [2.75, 3.05) is 6.61 Å². The molecule has 2 aromatic rings. The van der Waals surface area contributed by atoms with Gasteiger partial charge in [-0.25, -0.2) is 8.78 Å². The van der Waals surface area contributed by atoms with E-state index in [0.717, 1.165) is 0 Å². The standard InChI is InChI=1S/C18H14ClF7N2O2/c1-10(28-30-8-11-2-4-13(19)5-3-11)15-14(29-9-17(22,23)16(20)21)6-12(7-27-15)18(24,25)26/h2-7,16H,8-9H2,1H3. The van der Waals surface area contributed by atoms with Crippen molar-refractivity contribution < 1.29 is 40.3 Å². The normalized spacial score (nSPS) is 12.9. The van der Waals surface area contributed by atoms with Crippen LogP contribution in [0.5, 0.6) is 5.75 Å². The average molecular weight is 459 g/mol. The van der Waals surface area contributed by atoms with Crippen molar-refractivity contribution in [1.82, 2.24) is 4.98 Å². The second-order valence-corrected chi connectivity index (χ2v) is 6.43.